The standard InChI is InChI=1S/C24H36N4O2/c1-7-25-24(26-15-19-12-13-22(29-5)23(14-19)30-6)27-16-20-10-8-9-11-21(20)17-28(4)18(2)3/h8-14,18H,7,15-17H2,1-6H3,(H2,25,26,27). The predicted octanol–water partition coefficient (Wildman–Crippen LogP) is 3.80. The first-order chi connectivity index (χ1) is 14.5. The molecule has 0 aromatic heterocycles. The summed E-state index contributed by atoms with van der Waals surface area (Å²) in [7, 11) is 5.44. The van der Waals surface area contributed by atoms with Crippen molar-refractivity contribution < 1.29 is 9.47 Å². The lowest BCUT2D eigenvalue weighted by Crippen LogP contribution is -2.37. The van der Waals surface area contributed by atoms with Crippen molar-refractivity contribution in [3.63, 3.8) is 0 Å². The van der Waals surface area contributed by atoms with E-state index >= 15 is 0 Å². The minimum Gasteiger partial charge on any atom is -0.493 e. The van der Waals surface area contributed by atoms with Crippen molar-refractivity contribution >= 4 is 5.96 Å². The molecule has 0 aliphatic carbocycles. The maximum Gasteiger partial charge on any atom is 0.191 e. The first-order valence-electron chi connectivity index (χ1n) is 10.5. The van der Waals surface area contributed by atoms with E-state index in [9.17, 15) is 0 Å². The second-order valence-corrected chi connectivity index (χ2v) is 7.52. The molecule has 0 heterocycles. The van der Waals surface area contributed by atoms with Gasteiger partial charge in [-0.15, -0.1) is 0 Å². The summed E-state index contributed by atoms with van der Waals surface area (Å²) in [6.45, 7) is 9.49. The summed E-state index contributed by atoms with van der Waals surface area (Å²) in [5, 5.41) is 6.79. The Labute approximate surface area is 181 Å². The first-order valence-corrected chi connectivity index (χ1v) is 10.5. The van der Waals surface area contributed by atoms with Crippen molar-refractivity contribution in [1.29, 1.82) is 0 Å². The molecule has 0 saturated carbocycles. The number of guanidine groups is 1. The molecule has 0 aliphatic rings. The van der Waals surface area contributed by atoms with E-state index in [0.29, 0.717) is 18.3 Å². The van der Waals surface area contributed by atoms with E-state index in [4.69, 9.17) is 14.5 Å². The van der Waals surface area contributed by atoms with Crippen LogP contribution in [0, 0.1) is 0 Å². The number of hydrogen-bond acceptors (Lipinski definition) is 4. The van der Waals surface area contributed by atoms with Gasteiger partial charge in [0.2, 0.25) is 0 Å². The van der Waals surface area contributed by atoms with Crippen LogP contribution in [0.25, 0.3) is 0 Å². The first kappa shape index (κ1) is 23.5. The minimum atomic E-state index is 0.506. The fraction of sp³-hybridized carbons (Fsp3) is 0.458. The van der Waals surface area contributed by atoms with Crippen LogP contribution in [0.2, 0.25) is 0 Å². The summed E-state index contributed by atoms with van der Waals surface area (Å²) in [5.41, 5.74) is 3.67. The van der Waals surface area contributed by atoms with Gasteiger partial charge >= 0.3 is 0 Å². The van der Waals surface area contributed by atoms with Crippen molar-refractivity contribution in [2.24, 2.45) is 4.99 Å². The molecule has 6 heteroatoms. The summed E-state index contributed by atoms with van der Waals surface area (Å²) in [4.78, 5) is 7.08. The molecule has 164 valence electrons. The van der Waals surface area contributed by atoms with Crippen LogP contribution < -0.4 is 20.1 Å². The molecule has 0 bridgehead atoms. The van der Waals surface area contributed by atoms with Gasteiger partial charge in [0.25, 0.3) is 0 Å². The third kappa shape index (κ3) is 6.95. The zero-order valence-electron chi connectivity index (χ0n) is 19.2. The molecule has 2 N–H and O–H groups in total. The van der Waals surface area contributed by atoms with E-state index in [2.05, 4.69) is 67.6 Å². The van der Waals surface area contributed by atoms with Gasteiger partial charge in [0, 0.05) is 25.7 Å². The van der Waals surface area contributed by atoms with Crippen molar-refractivity contribution in [2.75, 3.05) is 27.8 Å². The highest BCUT2D eigenvalue weighted by atomic mass is 16.5. The Morgan fingerprint density at radius 1 is 1.00 bits per heavy atom. The summed E-state index contributed by atoms with van der Waals surface area (Å²) >= 11 is 0. The van der Waals surface area contributed by atoms with Gasteiger partial charge < -0.3 is 20.1 Å². The molecule has 2 aromatic rings. The molecule has 0 fully saturated rings. The highest BCUT2D eigenvalue weighted by Crippen LogP contribution is 2.27. The van der Waals surface area contributed by atoms with Crippen molar-refractivity contribution in [3.05, 3.63) is 59.2 Å². The van der Waals surface area contributed by atoms with Crippen LogP contribution in [0.4, 0.5) is 0 Å². The number of nitrogens with one attached hydrogen (secondary N) is 2. The summed E-state index contributed by atoms with van der Waals surface area (Å²) in [6, 6.07) is 14.9. The van der Waals surface area contributed by atoms with Crippen molar-refractivity contribution in [3.8, 4) is 11.5 Å². The zero-order valence-corrected chi connectivity index (χ0v) is 19.2. The zero-order chi connectivity index (χ0) is 21.9. The number of ether oxygens (including phenoxy) is 2. The Hall–Kier alpha value is -2.73. The molecule has 0 atom stereocenters. The molecule has 6 nitrogen and oxygen atoms in total. The Balaban J connectivity index is 2.08. The van der Waals surface area contributed by atoms with Crippen LogP contribution in [0.3, 0.4) is 0 Å². The number of aliphatic imine (C=N–C) groups is 1. The van der Waals surface area contributed by atoms with Gasteiger partial charge in [0.15, 0.2) is 17.5 Å². The predicted molar refractivity (Wildman–Crippen MR) is 124 cm³/mol. The number of rotatable bonds is 10. The molecular weight excluding hydrogens is 376 g/mol. The van der Waals surface area contributed by atoms with Gasteiger partial charge in [-0.05, 0) is 56.6 Å². The molecule has 0 spiro atoms. The van der Waals surface area contributed by atoms with E-state index in [1.807, 2.05) is 18.2 Å². The van der Waals surface area contributed by atoms with Crippen LogP contribution in [-0.2, 0) is 19.6 Å². The average molecular weight is 413 g/mol. The Morgan fingerprint density at radius 2 is 1.70 bits per heavy atom. The lowest BCUT2D eigenvalue weighted by Gasteiger charge is -2.23. The van der Waals surface area contributed by atoms with Gasteiger partial charge in [0.05, 0.1) is 20.8 Å². The van der Waals surface area contributed by atoms with Crippen LogP contribution in [0.15, 0.2) is 47.5 Å². The molecule has 2 rings (SSSR count). The second kappa shape index (κ2) is 12.1. The fourth-order valence-electron chi connectivity index (χ4n) is 3.01. The maximum absolute atomic E-state index is 5.39. The molecule has 30 heavy (non-hydrogen) atoms. The van der Waals surface area contributed by atoms with E-state index < -0.39 is 0 Å². The molecule has 0 radical (unpaired) electrons. The van der Waals surface area contributed by atoms with Crippen molar-refractivity contribution in [2.45, 2.75) is 46.4 Å². The highest BCUT2D eigenvalue weighted by Gasteiger charge is 2.09. The number of nitrogens with zero attached hydrogens (tertiary/aromatic N) is 2. The van der Waals surface area contributed by atoms with E-state index in [0.717, 1.165) is 36.9 Å². The van der Waals surface area contributed by atoms with E-state index in [-0.39, 0.29) is 0 Å². The Bertz CT molecular complexity index is 821. The largest absolute Gasteiger partial charge is 0.493 e. The number of methoxy groups -OCH3 is 2. The summed E-state index contributed by atoms with van der Waals surface area (Å²) in [6.07, 6.45) is 0. The number of hydrogen-bond donors (Lipinski definition) is 2. The number of benzene rings is 2. The third-order valence-electron chi connectivity index (χ3n) is 5.08. The van der Waals surface area contributed by atoms with Gasteiger partial charge in [-0.2, -0.15) is 0 Å². The summed E-state index contributed by atoms with van der Waals surface area (Å²) in [5.74, 6) is 2.23. The van der Waals surface area contributed by atoms with Gasteiger partial charge in [0.1, 0.15) is 0 Å². The third-order valence-corrected chi connectivity index (χ3v) is 5.08. The smallest absolute Gasteiger partial charge is 0.191 e. The Morgan fingerprint density at radius 3 is 2.33 bits per heavy atom. The van der Waals surface area contributed by atoms with Gasteiger partial charge in [-0.1, -0.05) is 30.3 Å². The van der Waals surface area contributed by atoms with Crippen LogP contribution in [0.1, 0.15) is 37.5 Å². The average Bonchev–Trinajstić information content (AvgIpc) is 2.76. The van der Waals surface area contributed by atoms with Gasteiger partial charge in [-0.25, -0.2) is 4.99 Å². The molecule has 0 aliphatic heterocycles. The molecule has 2 aromatic carbocycles. The van der Waals surface area contributed by atoms with Crippen LogP contribution in [-0.4, -0.2) is 44.7 Å². The quantitative estimate of drug-likeness (QED) is 0.459. The van der Waals surface area contributed by atoms with E-state index in [1.54, 1.807) is 14.2 Å². The van der Waals surface area contributed by atoms with E-state index in [1.165, 1.54) is 11.1 Å². The molecule has 0 amide bonds. The van der Waals surface area contributed by atoms with Gasteiger partial charge in [-0.3, -0.25) is 4.90 Å². The molecule has 0 unspecified atom stereocenters. The maximum atomic E-state index is 5.39. The topological polar surface area (TPSA) is 58.1 Å². The fourth-order valence-corrected chi connectivity index (χ4v) is 3.01. The van der Waals surface area contributed by atoms with Crippen LogP contribution >= 0.6 is 0 Å². The van der Waals surface area contributed by atoms with Crippen molar-refractivity contribution in [1.82, 2.24) is 15.5 Å². The van der Waals surface area contributed by atoms with Crippen LogP contribution in [0.5, 0.6) is 11.5 Å². The minimum absolute atomic E-state index is 0.506. The summed E-state index contributed by atoms with van der Waals surface area (Å²) < 4.78 is 10.7. The molecular formula is C24H36N4O2. The molecule has 0 saturated heterocycles. The normalized spacial score (nSPS) is 11.7. The second-order valence-electron chi connectivity index (χ2n) is 7.52. The lowest BCUT2D eigenvalue weighted by atomic mass is 10.1. The lowest BCUT2D eigenvalue weighted by molar-refractivity contribution is 0.265. The Kier molecular flexibility index (Phi) is 9.48. The monoisotopic (exact) mass is 412 g/mol. The highest BCUT2D eigenvalue weighted by molar-refractivity contribution is 5.79. The SMILES string of the molecule is CCNC(=NCc1ccc(OC)c(OC)c1)NCc1ccccc1CN(C)C(C)C.